The molecule has 1 atom stereocenters. The third kappa shape index (κ3) is 3.20. The van der Waals surface area contributed by atoms with Gasteiger partial charge >= 0.3 is 0 Å². The standard InChI is InChI=1S/C17H33N3/c1-15-3-5-17(6-4-15)7-11-19(12-8-17)16(2)20-13-9-18-10-14-20/h15-16,18H,3-14H2,1-2H3. The molecule has 3 nitrogen and oxygen atoms in total. The molecule has 2 saturated heterocycles. The van der Waals surface area contributed by atoms with Crippen LogP contribution in [-0.4, -0.2) is 55.2 Å². The lowest BCUT2D eigenvalue weighted by atomic mass is 9.66. The van der Waals surface area contributed by atoms with Crippen LogP contribution in [0, 0.1) is 11.3 Å². The summed E-state index contributed by atoms with van der Waals surface area (Å²) < 4.78 is 0. The van der Waals surface area contributed by atoms with Gasteiger partial charge in [-0.25, -0.2) is 0 Å². The number of likely N-dealkylation sites (tertiary alicyclic amines) is 1. The predicted octanol–water partition coefficient (Wildman–Crippen LogP) is 2.53. The van der Waals surface area contributed by atoms with Crippen molar-refractivity contribution in [1.29, 1.82) is 0 Å². The average molecular weight is 279 g/mol. The lowest BCUT2D eigenvalue weighted by molar-refractivity contribution is -0.0147. The smallest absolute Gasteiger partial charge is 0.0594 e. The van der Waals surface area contributed by atoms with E-state index in [0.29, 0.717) is 6.17 Å². The Balaban J connectivity index is 1.50. The zero-order valence-electron chi connectivity index (χ0n) is 13.5. The van der Waals surface area contributed by atoms with Crippen LogP contribution in [0.3, 0.4) is 0 Å². The molecule has 3 heteroatoms. The minimum Gasteiger partial charge on any atom is -0.314 e. The van der Waals surface area contributed by atoms with Gasteiger partial charge in [-0.3, -0.25) is 9.80 Å². The van der Waals surface area contributed by atoms with Crippen LogP contribution in [0.25, 0.3) is 0 Å². The number of nitrogens with one attached hydrogen (secondary N) is 1. The summed E-state index contributed by atoms with van der Waals surface area (Å²) in [5, 5.41) is 3.46. The maximum atomic E-state index is 3.46. The number of hydrogen-bond donors (Lipinski definition) is 1. The van der Waals surface area contributed by atoms with Crippen LogP contribution in [0.15, 0.2) is 0 Å². The maximum absolute atomic E-state index is 3.46. The topological polar surface area (TPSA) is 18.5 Å². The fourth-order valence-electron chi connectivity index (χ4n) is 4.53. The number of nitrogens with zero attached hydrogens (tertiary/aromatic N) is 2. The van der Waals surface area contributed by atoms with Crippen molar-refractivity contribution >= 4 is 0 Å². The van der Waals surface area contributed by atoms with Gasteiger partial charge in [-0.15, -0.1) is 0 Å². The van der Waals surface area contributed by atoms with E-state index in [4.69, 9.17) is 0 Å². The first kappa shape index (κ1) is 14.8. The summed E-state index contributed by atoms with van der Waals surface area (Å²) in [7, 11) is 0. The first-order valence-corrected chi connectivity index (χ1v) is 8.87. The molecule has 2 aliphatic heterocycles. The molecule has 2 heterocycles. The van der Waals surface area contributed by atoms with E-state index < -0.39 is 0 Å². The fraction of sp³-hybridized carbons (Fsp3) is 1.00. The molecule has 116 valence electrons. The van der Waals surface area contributed by atoms with Crippen molar-refractivity contribution < 1.29 is 0 Å². The van der Waals surface area contributed by atoms with Crippen molar-refractivity contribution in [2.45, 2.75) is 58.5 Å². The molecule has 20 heavy (non-hydrogen) atoms. The number of piperazine rings is 1. The SMILES string of the molecule is CC1CCC2(CC1)CCN(C(C)N1CCNCC1)CC2. The van der Waals surface area contributed by atoms with Crippen molar-refractivity contribution in [1.82, 2.24) is 15.1 Å². The van der Waals surface area contributed by atoms with E-state index in [1.165, 1.54) is 77.8 Å². The zero-order valence-corrected chi connectivity index (χ0v) is 13.5. The molecular weight excluding hydrogens is 246 g/mol. The Hall–Kier alpha value is -0.120. The molecule has 0 radical (unpaired) electrons. The summed E-state index contributed by atoms with van der Waals surface area (Å²) in [6.07, 6.45) is 9.53. The summed E-state index contributed by atoms with van der Waals surface area (Å²) in [4.78, 5) is 5.41. The Kier molecular flexibility index (Phi) is 4.68. The third-order valence-corrected chi connectivity index (χ3v) is 6.40. The molecule has 1 N–H and O–H groups in total. The van der Waals surface area contributed by atoms with Crippen molar-refractivity contribution in [2.75, 3.05) is 39.3 Å². The molecule has 3 fully saturated rings. The summed E-state index contributed by atoms with van der Waals surface area (Å²) in [6, 6.07) is 0. The second-order valence-electron chi connectivity index (χ2n) is 7.64. The van der Waals surface area contributed by atoms with Gasteiger partial charge in [0.1, 0.15) is 0 Å². The van der Waals surface area contributed by atoms with Gasteiger partial charge in [-0.05, 0) is 43.9 Å². The van der Waals surface area contributed by atoms with Gasteiger partial charge < -0.3 is 5.32 Å². The van der Waals surface area contributed by atoms with Gasteiger partial charge in [0.15, 0.2) is 0 Å². The summed E-state index contributed by atoms with van der Waals surface area (Å²) in [5.41, 5.74) is 0.728. The van der Waals surface area contributed by atoms with Gasteiger partial charge in [-0.1, -0.05) is 19.8 Å². The minimum atomic E-state index is 0.650. The van der Waals surface area contributed by atoms with Gasteiger partial charge in [0.25, 0.3) is 0 Å². The number of rotatable bonds is 2. The highest BCUT2D eigenvalue weighted by atomic mass is 15.4. The average Bonchev–Trinajstić information content (AvgIpc) is 2.52. The molecule has 0 aromatic rings. The number of piperidine rings is 1. The van der Waals surface area contributed by atoms with Crippen LogP contribution >= 0.6 is 0 Å². The molecule has 0 bridgehead atoms. The zero-order chi connectivity index (χ0) is 14.0. The van der Waals surface area contributed by atoms with Crippen LogP contribution in [0.5, 0.6) is 0 Å². The molecular formula is C17H33N3. The van der Waals surface area contributed by atoms with E-state index in [2.05, 4.69) is 29.0 Å². The third-order valence-electron chi connectivity index (χ3n) is 6.40. The van der Waals surface area contributed by atoms with E-state index in [0.717, 1.165) is 11.3 Å². The van der Waals surface area contributed by atoms with Crippen molar-refractivity contribution in [3.63, 3.8) is 0 Å². The Morgan fingerprint density at radius 3 is 2.05 bits per heavy atom. The lowest BCUT2D eigenvalue weighted by Gasteiger charge is -2.49. The second-order valence-corrected chi connectivity index (χ2v) is 7.64. The van der Waals surface area contributed by atoms with E-state index >= 15 is 0 Å². The molecule has 0 aromatic carbocycles. The van der Waals surface area contributed by atoms with Gasteiger partial charge in [0.05, 0.1) is 6.17 Å². The second kappa shape index (κ2) is 6.33. The van der Waals surface area contributed by atoms with Crippen LogP contribution in [0.4, 0.5) is 0 Å². The van der Waals surface area contributed by atoms with Crippen LogP contribution in [0.2, 0.25) is 0 Å². The lowest BCUT2D eigenvalue weighted by Crippen LogP contribution is -2.56. The van der Waals surface area contributed by atoms with Crippen molar-refractivity contribution in [2.24, 2.45) is 11.3 Å². The molecule has 0 aromatic heterocycles. The molecule has 1 unspecified atom stereocenters. The largest absolute Gasteiger partial charge is 0.314 e. The fourth-order valence-corrected chi connectivity index (χ4v) is 4.53. The molecule has 3 aliphatic rings. The molecule has 3 rings (SSSR count). The van der Waals surface area contributed by atoms with Crippen LogP contribution in [0.1, 0.15) is 52.4 Å². The molecule has 1 aliphatic carbocycles. The Bertz CT molecular complexity index is 293. The Labute approximate surface area is 125 Å². The number of hydrogen-bond acceptors (Lipinski definition) is 3. The Morgan fingerprint density at radius 1 is 0.900 bits per heavy atom. The van der Waals surface area contributed by atoms with E-state index in [-0.39, 0.29) is 0 Å². The molecule has 1 spiro atoms. The Morgan fingerprint density at radius 2 is 1.45 bits per heavy atom. The summed E-state index contributed by atoms with van der Waals surface area (Å²) in [6.45, 7) is 12.3. The summed E-state index contributed by atoms with van der Waals surface area (Å²) >= 11 is 0. The maximum Gasteiger partial charge on any atom is 0.0594 e. The highest BCUT2D eigenvalue weighted by molar-refractivity contribution is 4.91. The van der Waals surface area contributed by atoms with Crippen molar-refractivity contribution in [3.05, 3.63) is 0 Å². The van der Waals surface area contributed by atoms with Crippen molar-refractivity contribution in [3.8, 4) is 0 Å². The molecule has 1 saturated carbocycles. The first-order chi connectivity index (χ1) is 9.69. The minimum absolute atomic E-state index is 0.650. The van der Waals surface area contributed by atoms with Crippen LogP contribution in [-0.2, 0) is 0 Å². The molecule has 0 amide bonds. The predicted molar refractivity (Wildman–Crippen MR) is 84.8 cm³/mol. The monoisotopic (exact) mass is 279 g/mol. The van der Waals surface area contributed by atoms with Gasteiger partial charge in [0.2, 0.25) is 0 Å². The van der Waals surface area contributed by atoms with E-state index in [9.17, 15) is 0 Å². The van der Waals surface area contributed by atoms with Gasteiger partial charge in [-0.2, -0.15) is 0 Å². The highest BCUT2D eigenvalue weighted by Crippen LogP contribution is 2.46. The first-order valence-electron chi connectivity index (χ1n) is 8.87. The van der Waals surface area contributed by atoms with Gasteiger partial charge in [0, 0.05) is 39.3 Å². The summed E-state index contributed by atoms with van der Waals surface area (Å²) in [5.74, 6) is 0.985. The van der Waals surface area contributed by atoms with Crippen LogP contribution < -0.4 is 5.32 Å². The van der Waals surface area contributed by atoms with E-state index in [1.54, 1.807) is 0 Å². The quantitative estimate of drug-likeness (QED) is 0.838. The highest BCUT2D eigenvalue weighted by Gasteiger charge is 2.38. The van der Waals surface area contributed by atoms with E-state index in [1.807, 2.05) is 0 Å². The normalized spacial score (nSPS) is 31.5.